The van der Waals surface area contributed by atoms with Gasteiger partial charge in [0.15, 0.2) is 0 Å². The van der Waals surface area contributed by atoms with Crippen molar-refractivity contribution >= 4 is 6.08 Å². The lowest BCUT2D eigenvalue weighted by Crippen LogP contribution is -2.09. The fourth-order valence-corrected chi connectivity index (χ4v) is 2.91. The van der Waals surface area contributed by atoms with E-state index in [2.05, 4.69) is 11.4 Å². The van der Waals surface area contributed by atoms with Crippen molar-refractivity contribution in [2.75, 3.05) is 0 Å². The van der Waals surface area contributed by atoms with Gasteiger partial charge in [-0.05, 0) is 49.5 Å². The van der Waals surface area contributed by atoms with Gasteiger partial charge in [0.2, 0.25) is 0 Å². The average molecular weight is 279 g/mol. The van der Waals surface area contributed by atoms with Crippen LogP contribution in [0.4, 0.5) is 13.2 Å². The standard InChI is InChI=1S/C16H16F3N/c17-16(18,19)13-6-3-4-11(8-13)9-14-10-12-5-1-2-7-15(12)20-14/h3-4,6-9,12,20H,1-2,5,10H2. The maximum absolute atomic E-state index is 12.7. The highest BCUT2D eigenvalue weighted by Crippen LogP contribution is 2.35. The lowest BCUT2D eigenvalue weighted by Gasteiger charge is -2.14. The van der Waals surface area contributed by atoms with Gasteiger partial charge in [-0.1, -0.05) is 18.2 Å². The fraction of sp³-hybridized carbons (Fsp3) is 0.375. The van der Waals surface area contributed by atoms with Crippen molar-refractivity contribution in [2.24, 2.45) is 5.92 Å². The maximum Gasteiger partial charge on any atom is 0.416 e. The largest absolute Gasteiger partial charge is 0.416 e. The van der Waals surface area contributed by atoms with Gasteiger partial charge in [-0.25, -0.2) is 0 Å². The lowest BCUT2D eigenvalue weighted by molar-refractivity contribution is -0.137. The van der Waals surface area contributed by atoms with Gasteiger partial charge in [-0.15, -0.1) is 0 Å². The molecular weight excluding hydrogens is 263 g/mol. The van der Waals surface area contributed by atoms with Crippen LogP contribution in [0, 0.1) is 5.92 Å². The van der Waals surface area contributed by atoms with E-state index in [0.29, 0.717) is 11.5 Å². The van der Waals surface area contributed by atoms with E-state index in [1.54, 1.807) is 6.07 Å². The Morgan fingerprint density at radius 1 is 1.25 bits per heavy atom. The summed E-state index contributed by atoms with van der Waals surface area (Å²) in [6.45, 7) is 0. The Bertz CT molecular complexity index is 569. The molecule has 0 saturated carbocycles. The van der Waals surface area contributed by atoms with E-state index < -0.39 is 11.7 Å². The number of hydrogen-bond acceptors (Lipinski definition) is 1. The summed E-state index contributed by atoms with van der Waals surface area (Å²) < 4.78 is 38.0. The topological polar surface area (TPSA) is 12.0 Å². The Morgan fingerprint density at radius 3 is 2.85 bits per heavy atom. The number of rotatable bonds is 1. The highest BCUT2D eigenvalue weighted by molar-refractivity contribution is 5.55. The summed E-state index contributed by atoms with van der Waals surface area (Å²) in [6, 6.07) is 5.47. The summed E-state index contributed by atoms with van der Waals surface area (Å²) in [5.41, 5.74) is 2.26. The third-order valence-electron chi connectivity index (χ3n) is 3.89. The lowest BCUT2D eigenvalue weighted by atomic mass is 9.92. The zero-order chi connectivity index (χ0) is 14.2. The molecule has 1 nitrogen and oxygen atoms in total. The summed E-state index contributed by atoms with van der Waals surface area (Å²) in [6.07, 6.45) is 4.12. The van der Waals surface area contributed by atoms with E-state index in [-0.39, 0.29) is 0 Å². The molecule has 0 amide bonds. The van der Waals surface area contributed by atoms with Crippen LogP contribution in [0.1, 0.15) is 36.8 Å². The molecule has 1 aliphatic heterocycles. The zero-order valence-electron chi connectivity index (χ0n) is 11.0. The van der Waals surface area contributed by atoms with E-state index in [1.165, 1.54) is 30.7 Å². The number of allylic oxidation sites excluding steroid dienone is 3. The van der Waals surface area contributed by atoms with Crippen LogP contribution in [0.25, 0.3) is 6.08 Å². The quantitative estimate of drug-likeness (QED) is 0.784. The summed E-state index contributed by atoms with van der Waals surface area (Å²) in [4.78, 5) is 0. The average Bonchev–Trinajstić information content (AvgIpc) is 2.80. The van der Waals surface area contributed by atoms with Crippen LogP contribution in [0.15, 0.2) is 41.7 Å². The van der Waals surface area contributed by atoms with E-state index in [0.717, 1.165) is 24.6 Å². The minimum atomic E-state index is -4.28. The molecule has 1 N–H and O–H groups in total. The molecule has 1 fully saturated rings. The Morgan fingerprint density at radius 2 is 2.10 bits per heavy atom. The first-order valence-electron chi connectivity index (χ1n) is 6.87. The Balaban J connectivity index is 1.83. The van der Waals surface area contributed by atoms with Crippen molar-refractivity contribution in [1.82, 2.24) is 5.32 Å². The Hall–Kier alpha value is -1.71. The molecule has 1 aromatic carbocycles. The molecule has 0 aromatic heterocycles. The van der Waals surface area contributed by atoms with Crippen molar-refractivity contribution in [1.29, 1.82) is 0 Å². The van der Waals surface area contributed by atoms with Gasteiger partial charge in [-0.2, -0.15) is 13.2 Å². The molecule has 1 heterocycles. The molecule has 2 aliphatic rings. The molecule has 4 heteroatoms. The molecule has 106 valence electrons. The van der Waals surface area contributed by atoms with Crippen LogP contribution in [0.3, 0.4) is 0 Å². The number of halogens is 3. The molecule has 1 unspecified atom stereocenters. The highest BCUT2D eigenvalue weighted by atomic mass is 19.4. The minimum Gasteiger partial charge on any atom is -0.362 e. The molecule has 20 heavy (non-hydrogen) atoms. The number of nitrogens with one attached hydrogen (secondary N) is 1. The van der Waals surface area contributed by atoms with Gasteiger partial charge in [0.1, 0.15) is 0 Å². The molecule has 1 atom stereocenters. The summed E-state index contributed by atoms with van der Waals surface area (Å²) in [5, 5.41) is 3.34. The van der Waals surface area contributed by atoms with E-state index >= 15 is 0 Å². The number of hydrogen-bond donors (Lipinski definition) is 1. The molecule has 0 spiro atoms. The Labute approximate surface area is 116 Å². The predicted octanol–water partition coefficient (Wildman–Crippen LogP) is 4.72. The maximum atomic E-state index is 12.7. The van der Waals surface area contributed by atoms with E-state index in [9.17, 15) is 13.2 Å². The molecular formula is C16H16F3N. The molecule has 0 radical (unpaired) electrons. The first-order chi connectivity index (χ1) is 9.52. The van der Waals surface area contributed by atoms with Crippen LogP contribution >= 0.6 is 0 Å². The van der Waals surface area contributed by atoms with Gasteiger partial charge in [0.05, 0.1) is 5.56 Å². The summed E-state index contributed by atoms with van der Waals surface area (Å²) in [7, 11) is 0. The number of alkyl halides is 3. The predicted molar refractivity (Wildman–Crippen MR) is 72.6 cm³/mol. The molecule has 1 aliphatic carbocycles. The number of benzene rings is 1. The smallest absolute Gasteiger partial charge is 0.362 e. The first-order valence-corrected chi connectivity index (χ1v) is 6.87. The van der Waals surface area contributed by atoms with Gasteiger partial charge in [0.25, 0.3) is 0 Å². The zero-order valence-corrected chi connectivity index (χ0v) is 11.0. The van der Waals surface area contributed by atoms with Crippen LogP contribution in [0.2, 0.25) is 0 Å². The third-order valence-corrected chi connectivity index (χ3v) is 3.89. The van der Waals surface area contributed by atoms with Crippen LogP contribution in [-0.2, 0) is 6.18 Å². The molecule has 1 saturated heterocycles. The minimum absolute atomic E-state index is 0.529. The van der Waals surface area contributed by atoms with Crippen molar-refractivity contribution in [3.8, 4) is 0 Å². The molecule has 0 bridgehead atoms. The van der Waals surface area contributed by atoms with Gasteiger partial charge in [-0.3, -0.25) is 0 Å². The normalized spacial score (nSPS) is 24.2. The highest BCUT2D eigenvalue weighted by Gasteiger charge is 2.30. The second-order valence-corrected chi connectivity index (χ2v) is 5.41. The second-order valence-electron chi connectivity index (χ2n) is 5.41. The van der Waals surface area contributed by atoms with Gasteiger partial charge < -0.3 is 5.32 Å². The monoisotopic (exact) mass is 279 g/mol. The van der Waals surface area contributed by atoms with Gasteiger partial charge in [0, 0.05) is 17.3 Å². The molecule has 1 aromatic rings. The number of fused-ring (bicyclic) bond motifs is 1. The third kappa shape index (κ3) is 2.74. The van der Waals surface area contributed by atoms with Crippen molar-refractivity contribution in [3.05, 3.63) is 52.9 Å². The van der Waals surface area contributed by atoms with E-state index in [1.807, 2.05) is 6.08 Å². The van der Waals surface area contributed by atoms with E-state index in [4.69, 9.17) is 0 Å². The molecule has 3 rings (SSSR count). The van der Waals surface area contributed by atoms with Crippen LogP contribution in [0.5, 0.6) is 0 Å². The van der Waals surface area contributed by atoms with Crippen molar-refractivity contribution < 1.29 is 13.2 Å². The first kappa shape index (κ1) is 13.3. The summed E-state index contributed by atoms with van der Waals surface area (Å²) in [5.74, 6) is 0.529. The van der Waals surface area contributed by atoms with Crippen molar-refractivity contribution in [3.63, 3.8) is 0 Å². The summed E-state index contributed by atoms with van der Waals surface area (Å²) >= 11 is 0. The van der Waals surface area contributed by atoms with Crippen LogP contribution < -0.4 is 5.32 Å². The fourth-order valence-electron chi connectivity index (χ4n) is 2.91. The Kier molecular flexibility index (Phi) is 3.32. The van der Waals surface area contributed by atoms with Gasteiger partial charge >= 0.3 is 6.18 Å². The van der Waals surface area contributed by atoms with Crippen LogP contribution in [-0.4, -0.2) is 0 Å². The second kappa shape index (κ2) is 5.00. The van der Waals surface area contributed by atoms with Crippen molar-refractivity contribution in [2.45, 2.75) is 31.9 Å². The SMILES string of the molecule is FC(F)(F)c1cccc(C=C2CC3CCCC=C3N2)c1.